The smallest absolute Gasteiger partial charge is 0.247 e. The number of hydrogen-bond donors (Lipinski definition) is 0. The molecule has 0 unspecified atom stereocenters. The Labute approximate surface area is 102 Å². The average Bonchev–Trinajstić information content (AvgIpc) is 2.18. The molecular formula is C12H18BBrN. The Bertz CT molecular complexity index is 285. The van der Waals surface area contributed by atoms with E-state index in [2.05, 4.69) is 66.3 Å². The van der Waals surface area contributed by atoms with Gasteiger partial charge in [-0.3, -0.25) is 0 Å². The van der Waals surface area contributed by atoms with Gasteiger partial charge in [-0.1, -0.05) is 53.4 Å². The lowest BCUT2D eigenvalue weighted by atomic mass is 9.80. The molecule has 0 N–H and O–H groups in total. The molecule has 0 heterocycles. The molecule has 0 saturated carbocycles. The highest BCUT2D eigenvalue weighted by Gasteiger charge is 2.06. The second-order valence-electron chi connectivity index (χ2n) is 3.72. The Balaban J connectivity index is 2.56. The minimum Gasteiger partial charge on any atom is -0.342 e. The third-order valence-electron chi connectivity index (χ3n) is 2.20. The molecule has 1 rings (SSSR count). The molecule has 1 aromatic carbocycles. The molecule has 1 aromatic rings. The van der Waals surface area contributed by atoms with Gasteiger partial charge < -0.3 is 4.81 Å². The summed E-state index contributed by atoms with van der Waals surface area (Å²) in [5.74, 6) is 0. The number of rotatable bonds is 6. The van der Waals surface area contributed by atoms with Gasteiger partial charge in [0.2, 0.25) is 7.41 Å². The van der Waals surface area contributed by atoms with Crippen molar-refractivity contribution in [2.45, 2.75) is 26.7 Å². The maximum absolute atomic E-state index is 3.49. The normalized spacial score (nSPS) is 10.7. The maximum atomic E-state index is 3.49. The predicted octanol–water partition coefficient (Wildman–Crippen LogP) is 2.82. The summed E-state index contributed by atoms with van der Waals surface area (Å²) in [6.07, 6.45) is 2.40. The first-order valence-corrected chi connectivity index (χ1v) is 6.40. The first-order valence-electron chi connectivity index (χ1n) is 5.60. The van der Waals surface area contributed by atoms with Crippen LogP contribution in [0.2, 0.25) is 0 Å². The fourth-order valence-electron chi connectivity index (χ4n) is 1.61. The Kier molecular flexibility index (Phi) is 6.03. The molecule has 0 atom stereocenters. The lowest BCUT2D eigenvalue weighted by Crippen LogP contribution is -2.37. The second kappa shape index (κ2) is 7.07. The van der Waals surface area contributed by atoms with Gasteiger partial charge in [-0.05, 0) is 32.0 Å². The van der Waals surface area contributed by atoms with Gasteiger partial charge in [0.05, 0.1) is 0 Å². The SMILES string of the molecule is CCCN([B]c1cccc(Br)c1)CCC. The van der Waals surface area contributed by atoms with Crippen molar-refractivity contribution in [1.82, 2.24) is 4.81 Å². The third kappa shape index (κ3) is 4.85. The fraction of sp³-hybridized carbons (Fsp3) is 0.500. The molecule has 0 aliphatic heterocycles. The molecule has 0 aromatic heterocycles. The minimum atomic E-state index is 1.14. The van der Waals surface area contributed by atoms with E-state index in [0.29, 0.717) is 0 Å². The first-order chi connectivity index (χ1) is 7.26. The first kappa shape index (κ1) is 12.8. The largest absolute Gasteiger partial charge is 0.342 e. The lowest BCUT2D eigenvalue weighted by Gasteiger charge is -2.20. The van der Waals surface area contributed by atoms with E-state index in [0.717, 1.165) is 17.6 Å². The number of nitrogens with zero attached hydrogens (tertiary/aromatic N) is 1. The molecule has 0 fully saturated rings. The molecule has 0 spiro atoms. The highest BCUT2D eigenvalue weighted by molar-refractivity contribution is 9.10. The van der Waals surface area contributed by atoms with Crippen molar-refractivity contribution in [3.63, 3.8) is 0 Å². The van der Waals surface area contributed by atoms with E-state index in [1.165, 1.54) is 18.3 Å². The van der Waals surface area contributed by atoms with Crippen molar-refractivity contribution in [2.24, 2.45) is 0 Å². The van der Waals surface area contributed by atoms with E-state index in [1.807, 2.05) is 0 Å². The lowest BCUT2D eigenvalue weighted by molar-refractivity contribution is 0.445. The van der Waals surface area contributed by atoms with Crippen LogP contribution in [0.25, 0.3) is 0 Å². The van der Waals surface area contributed by atoms with Crippen LogP contribution in [0.3, 0.4) is 0 Å². The van der Waals surface area contributed by atoms with Gasteiger partial charge in [0.15, 0.2) is 0 Å². The molecule has 0 aliphatic carbocycles. The molecule has 81 valence electrons. The summed E-state index contributed by atoms with van der Waals surface area (Å²) < 4.78 is 1.14. The van der Waals surface area contributed by atoms with Gasteiger partial charge in [0, 0.05) is 4.47 Å². The zero-order chi connectivity index (χ0) is 11.1. The summed E-state index contributed by atoms with van der Waals surface area (Å²) >= 11 is 3.49. The molecule has 0 aliphatic rings. The molecule has 15 heavy (non-hydrogen) atoms. The van der Waals surface area contributed by atoms with Crippen LogP contribution < -0.4 is 5.46 Å². The van der Waals surface area contributed by atoms with E-state index in [4.69, 9.17) is 0 Å². The van der Waals surface area contributed by atoms with Crippen molar-refractivity contribution in [1.29, 1.82) is 0 Å². The van der Waals surface area contributed by atoms with Crippen LogP contribution in [0, 0.1) is 0 Å². The van der Waals surface area contributed by atoms with Crippen molar-refractivity contribution in [2.75, 3.05) is 13.1 Å². The van der Waals surface area contributed by atoms with E-state index in [-0.39, 0.29) is 0 Å². The summed E-state index contributed by atoms with van der Waals surface area (Å²) in [5, 5.41) is 0. The summed E-state index contributed by atoms with van der Waals surface area (Å²) in [6, 6.07) is 8.43. The van der Waals surface area contributed by atoms with Crippen LogP contribution in [-0.4, -0.2) is 25.3 Å². The number of halogens is 1. The monoisotopic (exact) mass is 266 g/mol. The van der Waals surface area contributed by atoms with Crippen molar-refractivity contribution in [3.05, 3.63) is 28.7 Å². The fourth-order valence-corrected chi connectivity index (χ4v) is 2.03. The minimum absolute atomic E-state index is 1.14. The van der Waals surface area contributed by atoms with Crippen LogP contribution in [0.5, 0.6) is 0 Å². The number of benzene rings is 1. The van der Waals surface area contributed by atoms with Crippen LogP contribution in [0.4, 0.5) is 0 Å². The molecule has 3 heteroatoms. The molecule has 0 saturated heterocycles. The third-order valence-corrected chi connectivity index (χ3v) is 2.70. The van der Waals surface area contributed by atoms with Crippen LogP contribution in [0.1, 0.15) is 26.7 Å². The zero-order valence-corrected chi connectivity index (χ0v) is 11.1. The summed E-state index contributed by atoms with van der Waals surface area (Å²) in [6.45, 7) is 6.72. The van der Waals surface area contributed by atoms with E-state index in [9.17, 15) is 0 Å². The summed E-state index contributed by atoms with van der Waals surface area (Å²) in [5.41, 5.74) is 1.27. The van der Waals surface area contributed by atoms with Gasteiger partial charge in [-0.2, -0.15) is 0 Å². The molecular weight excluding hydrogens is 249 g/mol. The highest BCUT2D eigenvalue weighted by Crippen LogP contribution is 2.05. The van der Waals surface area contributed by atoms with Crippen LogP contribution >= 0.6 is 15.9 Å². The van der Waals surface area contributed by atoms with Gasteiger partial charge in [0.25, 0.3) is 0 Å². The Morgan fingerprint density at radius 2 is 1.87 bits per heavy atom. The molecule has 1 radical (unpaired) electrons. The number of hydrogen-bond acceptors (Lipinski definition) is 1. The average molecular weight is 267 g/mol. The standard InChI is InChI=1S/C12H18BBrN/c1-3-8-15(9-4-2)13-11-6-5-7-12(14)10-11/h5-7,10H,3-4,8-9H2,1-2H3. The van der Waals surface area contributed by atoms with Gasteiger partial charge in [-0.25, -0.2) is 0 Å². The molecule has 0 bridgehead atoms. The molecule has 1 nitrogen and oxygen atoms in total. The van der Waals surface area contributed by atoms with Crippen molar-refractivity contribution < 1.29 is 0 Å². The van der Waals surface area contributed by atoms with Gasteiger partial charge in [-0.15, -0.1) is 0 Å². The molecule has 0 amide bonds. The second-order valence-corrected chi connectivity index (χ2v) is 4.64. The predicted molar refractivity (Wildman–Crippen MR) is 71.7 cm³/mol. The topological polar surface area (TPSA) is 3.24 Å². The quantitative estimate of drug-likeness (QED) is 0.716. The van der Waals surface area contributed by atoms with Crippen LogP contribution in [0.15, 0.2) is 28.7 Å². The van der Waals surface area contributed by atoms with E-state index in [1.54, 1.807) is 0 Å². The summed E-state index contributed by atoms with van der Waals surface area (Å²) in [4.78, 5) is 2.39. The van der Waals surface area contributed by atoms with Gasteiger partial charge >= 0.3 is 0 Å². The summed E-state index contributed by atoms with van der Waals surface area (Å²) in [7, 11) is 2.25. The maximum Gasteiger partial charge on any atom is 0.247 e. The highest BCUT2D eigenvalue weighted by atomic mass is 79.9. The Morgan fingerprint density at radius 3 is 2.40 bits per heavy atom. The van der Waals surface area contributed by atoms with Crippen molar-refractivity contribution in [3.8, 4) is 0 Å². The zero-order valence-electron chi connectivity index (χ0n) is 9.54. The van der Waals surface area contributed by atoms with E-state index < -0.39 is 0 Å². The Hall–Kier alpha value is -0.275. The Morgan fingerprint density at radius 1 is 1.20 bits per heavy atom. The van der Waals surface area contributed by atoms with Crippen molar-refractivity contribution >= 4 is 28.8 Å². The van der Waals surface area contributed by atoms with Gasteiger partial charge in [0.1, 0.15) is 0 Å². The van der Waals surface area contributed by atoms with E-state index >= 15 is 0 Å². The van der Waals surface area contributed by atoms with Crippen LogP contribution in [-0.2, 0) is 0 Å².